The summed E-state index contributed by atoms with van der Waals surface area (Å²) in [6.07, 6.45) is 6.83. The van der Waals surface area contributed by atoms with Crippen molar-refractivity contribution in [2.45, 2.75) is 49.9 Å². The fourth-order valence-corrected chi connectivity index (χ4v) is 4.93. The summed E-state index contributed by atoms with van der Waals surface area (Å²) in [5.41, 5.74) is 17.7. The monoisotopic (exact) mass is 369 g/mol. The number of nitrogens with zero attached hydrogens (tertiary/aromatic N) is 2. The molecule has 0 aromatic carbocycles. The molecule has 0 saturated carbocycles. The summed E-state index contributed by atoms with van der Waals surface area (Å²) in [6, 6.07) is 4.66. The fraction of sp³-hybridized carbons (Fsp3) is 0.571. The zero-order chi connectivity index (χ0) is 19.2. The van der Waals surface area contributed by atoms with Gasteiger partial charge in [-0.3, -0.25) is 15.2 Å². The summed E-state index contributed by atoms with van der Waals surface area (Å²) in [4.78, 5) is 7.19. The predicted molar refractivity (Wildman–Crippen MR) is 107 cm³/mol. The van der Waals surface area contributed by atoms with Crippen LogP contribution in [0, 0.1) is 6.92 Å². The maximum absolute atomic E-state index is 6.66. The number of aromatic nitrogens is 1. The highest BCUT2D eigenvalue weighted by molar-refractivity contribution is 5.43. The largest absolute Gasteiger partial charge is 0.498 e. The number of methoxy groups -OCH3 is 1. The van der Waals surface area contributed by atoms with E-state index in [1.54, 1.807) is 7.11 Å². The average molecular weight is 370 g/mol. The lowest BCUT2D eigenvalue weighted by atomic mass is 9.75. The molecule has 0 amide bonds. The molecule has 6 heteroatoms. The zero-order valence-corrected chi connectivity index (χ0v) is 16.5. The van der Waals surface area contributed by atoms with E-state index < -0.39 is 5.66 Å². The van der Waals surface area contributed by atoms with Crippen LogP contribution in [-0.4, -0.2) is 54.9 Å². The lowest BCUT2D eigenvalue weighted by Gasteiger charge is -2.49. The number of rotatable bonds is 3. The van der Waals surface area contributed by atoms with Crippen LogP contribution in [-0.2, 0) is 4.74 Å². The molecule has 27 heavy (non-hydrogen) atoms. The molecule has 0 radical (unpaired) electrons. The number of hydrogen-bond donors (Lipinski definition) is 3. The molecule has 2 aliphatic heterocycles. The van der Waals surface area contributed by atoms with Crippen molar-refractivity contribution >= 4 is 0 Å². The van der Waals surface area contributed by atoms with Crippen LogP contribution in [0.5, 0.6) is 0 Å². The Morgan fingerprint density at radius 2 is 2.22 bits per heavy atom. The first kappa shape index (κ1) is 18.6. The number of ether oxygens (including phenoxy) is 1. The van der Waals surface area contributed by atoms with Crippen LogP contribution in [0.25, 0.3) is 0 Å². The SMILES string of the molecule is CNC1(N)CC2=C(C=C1OC)[C@H]1C[C@@H](N)[C@H](c3cc(C)ccn3)CN1CC2. The van der Waals surface area contributed by atoms with E-state index in [0.717, 1.165) is 43.8 Å². The van der Waals surface area contributed by atoms with Crippen LogP contribution in [0.3, 0.4) is 0 Å². The third kappa shape index (κ3) is 3.21. The van der Waals surface area contributed by atoms with Crippen molar-refractivity contribution in [3.8, 4) is 0 Å². The van der Waals surface area contributed by atoms with Gasteiger partial charge in [0.05, 0.1) is 7.11 Å². The second-order valence-corrected chi connectivity index (χ2v) is 8.19. The number of hydrogen-bond acceptors (Lipinski definition) is 6. The normalized spacial score (nSPS) is 34.0. The predicted octanol–water partition coefficient (Wildman–Crippen LogP) is 1.38. The molecular formula is C21H31N5O. The van der Waals surface area contributed by atoms with Crippen LogP contribution in [0.1, 0.15) is 36.4 Å². The highest BCUT2D eigenvalue weighted by Crippen LogP contribution is 2.41. The number of piperidine rings is 1. The first-order valence-electron chi connectivity index (χ1n) is 9.83. The third-order valence-corrected chi connectivity index (χ3v) is 6.55. The van der Waals surface area contributed by atoms with Gasteiger partial charge < -0.3 is 16.2 Å². The van der Waals surface area contributed by atoms with Gasteiger partial charge in [-0.1, -0.05) is 5.57 Å². The molecular weight excluding hydrogens is 338 g/mol. The van der Waals surface area contributed by atoms with Crippen LogP contribution in [0.4, 0.5) is 0 Å². The molecule has 1 aromatic heterocycles. The standard InChI is InChI=1S/C21H31N5O/c1-13-4-6-25-18(8-13)16-12-26-7-5-14-11-21(23,24-2)20(27-3)9-15(14)19(26)10-17(16)22/h4,6,8-9,16-17,19,24H,5,7,10-12,22-23H2,1-3H3/t16-,17-,19-,21?/m1/s1. The van der Waals surface area contributed by atoms with Crippen molar-refractivity contribution in [3.05, 3.63) is 52.6 Å². The topological polar surface area (TPSA) is 89.4 Å². The first-order valence-corrected chi connectivity index (χ1v) is 9.83. The number of fused-ring (bicyclic) bond motifs is 2. The molecule has 3 heterocycles. The summed E-state index contributed by atoms with van der Waals surface area (Å²) >= 11 is 0. The third-order valence-electron chi connectivity index (χ3n) is 6.55. The molecule has 1 aliphatic carbocycles. The van der Waals surface area contributed by atoms with Gasteiger partial charge in [-0.2, -0.15) is 0 Å². The van der Waals surface area contributed by atoms with Gasteiger partial charge in [0.2, 0.25) is 0 Å². The molecule has 5 N–H and O–H groups in total. The smallest absolute Gasteiger partial charge is 0.131 e. The lowest BCUT2D eigenvalue weighted by Crippen LogP contribution is -2.58. The maximum Gasteiger partial charge on any atom is 0.131 e. The summed E-state index contributed by atoms with van der Waals surface area (Å²) < 4.78 is 5.64. The van der Waals surface area contributed by atoms with E-state index in [-0.39, 0.29) is 12.0 Å². The Hall–Kier alpha value is -1.73. The first-order chi connectivity index (χ1) is 12.9. The summed E-state index contributed by atoms with van der Waals surface area (Å²) in [5, 5.41) is 3.23. The Labute approximate surface area is 161 Å². The van der Waals surface area contributed by atoms with E-state index in [2.05, 4.69) is 34.3 Å². The van der Waals surface area contributed by atoms with Crippen molar-refractivity contribution in [2.75, 3.05) is 27.2 Å². The van der Waals surface area contributed by atoms with Crippen LogP contribution in [0.15, 0.2) is 41.3 Å². The Bertz CT molecular complexity index is 789. The van der Waals surface area contributed by atoms with Crippen molar-refractivity contribution < 1.29 is 4.74 Å². The highest BCUT2D eigenvalue weighted by Gasteiger charge is 2.43. The zero-order valence-electron chi connectivity index (χ0n) is 16.5. The van der Waals surface area contributed by atoms with Gasteiger partial charge >= 0.3 is 0 Å². The van der Waals surface area contributed by atoms with Gasteiger partial charge in [0.15, 0.2) is 0 Å². The van der Waals surface area contributed by atoms with Crippen LogP contribution in [0.2, 0.25) is 0 Å². The van der Waals surface area contributed by atoms with Crippen molar-refractivity contribution in [1.29, 1.82) is 0 Å². The van der Waals surface area contributed by atoms with E-state index in [4.69, 9.17) is 16.2 Å². The minimum Gasteiger partial charge on any atom is -0.498 e. The Balaban J connectivity index is 1.61. The van der Waals surface area contributed by atoms with E-state index in [1.807, 2.05) is 19.3 Å². The minimum absolute atomic E-state index is 0.0978. The quantitative estimate of drug-likeness (QED) is 0.698. The molecule has 1 fully saturated rings. The fourth-order valence-electron chi connectivity index (χ4n) is 4.93. The highest BCUT2D eigenvalue weighted by atomic mass is 16.5. The van der Waals surface area contributed by atoms with Crippen molar-refractivity contribution in [2.24, 2.45) is 11.5 Å². The average Bonchev–Trinajstić information content (AvgIpc) is 2.67. The Morgan fingerprint density at radius 1 is 1.41 bits per heavy atom. The van der Waals surface area contributed by atoms with E-state index in [1.165, 1.54) is 16.7 Å². The molecule has 1 saturated heterocycles. The number of likely N-dealkylation sites (N-methyl/N-ethyl adjacent to an activating group) is 1. The molecule has 4 atom stereocenters. The van der Waals surface area contributed by atoms with Gasteiger partial charge in [0, 0.05) is 49.4 Å². The number of nitrogens with two attached hydrogens (primary N) is 2. The Kier molecular flexibility index (Phi) is 4.84. The van der Waals surface area contributed by atoms with Crippen molar-refractivity contribution in [3.63, 3.8) is 0 Å². The molecule has 0 spiro atoms. The summed E-state index contributed by atoms with van der Waals surface area (Å²) in [6.45, 7) is 4.11. The Morgan fingerprint density at radius 3 is 2.93 bits per heavy atom. The second-order valence-electron chi connectivity index (χ2n) is 8.19. The van der Waals surface area contributed by atoms with Gasteiger partial charge in [0.1, 0.15) is 11.4 Å². The van der Waals surface area contributed by atoms with Crippen LogP contribution < -0.4 is 16.8 Å². The molecule has 146 valence electrons. The number of pyridine rings is 1. The van der Waals surface area contributed by atoms with Gasteiger partial charge in [-0.25, -0.2) is 0 Å². The maximum atomic E-state index is 6.66. The molecule has 4 rings (SSSR count). The number of aryl methyl sites for hydroxylation is 1. The minimum atomic E-state index is -0.611. The van der Waals surface area contributed by atoms with E-state index in [9.17, 15) is 0 Å². The van der Waals surface area contributed by atoms with Crippen molar-refractivity contribution in [1.82, 2.24) is 15.2 Å². The van der Waals surface area contributed by atoms with E-state index >= 15 is 0 Å². The molecule has 6 nitrogen and oxygen atoms in total. The molecule has 1 unspecified atom stereocenters. The van der Waals surface area contributed by atoms with E-state index in [0.29, 0.717) is 6.04 Å². The lowest BCUT2D eigenvalue weighted by molar-refractivity contribution is 0.123. The van der Waals surface area contributed by atoms with Gasteiger partial charge in [-0.05, 0) is 56.2 Å². The second kappa shape index (κ2) is 7.02. The molecule has 1 aromatic rings. The van der Waals surface area contributed by atoms with Gasteiger partial charge in [-0.15, -0.1) is 0 Å². The molecule has 3 aliphatic rings. The molecule has 0 bridgehead atoms. The summed E-state index contributed by atoms with van der Waals surface area (Å²) in [7, 11) is 3.59. The summed E-state index contributed by atoms with van der Waals surface area (Å²) in [5.74, 6) is 1.09. The van der Waals surface area contributed by atoms with Crippen LogP contribution >= 0.6 is 0 Å². The number of nitrogens with one attached hydrogen (secondary N) is 1. The van der Waals surface area contributed by atoms with Gasteiger partial charge in [0.25, 0.3) is 0 Å².